The van der Waals surface area contributed by atoms with E-state index in [1.165, 1.54) is 23.8 Å². The van der Waals surface area contributed by atoms with E-state index >= 15 is 0 Å². The molecule has 0 unspecified atom stereocenters. The van der Waals surface area contributed by atoms with Gasteiger partial charge in [0, 0.05) is 70.6 Å². The van der Waals surface area contributed by atoms with Gasteiger partial charge in [0.25, 0.3) is 0 Å². The van der Waals surface area contributed by atoms with Gasteiger partial charge in [-0.1, -0.05) is 105 Å². The Morgan fingerprint density at radius 3 is 1.48 bits per heavy atom. The van der Waals surface area contributed by atoms with E-state index in [0.29, 0.717) is 22.4 Å². The van der Waals surface area contributed by atoms with Crippen molar-refractivity contribution in [2.75, 3.05) is 0 Å². The van der Waals surface area contributed by atoms with Gasteiger partial charge in [0.05, 0.1) is 12.1 Å². The Morgan fingerprint density at radius 2 is 0.951 bits per heavy atom. The molecule has 4 aromatic heterocycles. The zero-order valence-electron chi connectivity index (χ0n) is 44.9. The summed E-state index contributed by atoms with van der Waals surface area (Å²) in [5.41, 5.74) is 14.2. The van der Waals surface area contributed by atoms with Crippen molar-refractivity contribution in [3.05, 3.63) is 295 Å². The van der Waals surface area contributed by atoms with Crippen molar-refractivity contribution in [1.82, 2.24) is 19.9 Å². The van der Waals surface area contributed by atoms with Crippen LogP contribution in [0, 0.1) is 54.8 Å². The molecule has 11 aromatic rings. The molecule has 0 saturated heterocycles. The Hall–Kier alpha value is -8.42. The van der Waals surface area contributed by atoms with Crippen LogP contribution in [0.2, 0.25) is 0 Å². The molecule has 82 heavy (non-hydrogen) atoms. The van der Waals surface area contributed by atoms with Gasteiger partial charge in [-0.3, -0.25) is 0 Å². The molecule has 0 aliphatic heterocycles. The molecule has 0 spiro atoms. The quantitative estimate of drug-likeness (QED) is 0.112. The van der Waals surface area contributed by atoms with Gasteiger partial charge in [-0.25, -0.2) is 13.6 Å². The van der Waals surface area contributed by atoms with Gasteiger partial charge in [0.2, 0.25) is 0 Å². The van der Waals surface area contributed by atoms with Gasteiger partial charge < -0.3 is 19.9 Å². The second-order valence-corrected chi connectivity index (χ2v) is 19.5. The van der Waals surface area contributed by atoms with E-state index in [-0.39, 0.29) is 45.6 Å². The minimum Gasteiger partial charge on any atom is -0.305 e. The summed E-state index contributed by atoms with van der Waals surface area (Å²) < 4.78 is 65.0. The first-order valence-corrected chi connectivity index (χ1v) is 25.4. The van der Waals surface area contributed by atoms with E-state index in [0.717, 1.165) is 92.0 Å². The van der Waals surface area contributed by atoms with Crippen LogP contribution in [0.1, 0.15) is 37.6 Å². The normalized spacial score (nSPS) is 10.6. The molecule has 0 saturated carbocycles. The first kappa shape index (κ1) is 62.8. The van der Waals surface area contributed by atoms with Crippen LogP contribution in [0.15, 0.2) is 231 Å². The van der Waals surface area contributed by atoms with Crippen LogP contribution in [-0.4, -0.2) is 19.9 Å². The molecular weight excluding hydrogens is 1390 g/mol. The predicted octanol–water partition coefficient (Wildman–Crippen LogP) is 18.9. The van der Waals surface area contributed by atoms with Crippen LogP contribution in [0.3, 0.4) is 0 Å². The molecule has 0 N–H and O–H groups in total. The Kier molecular flexibility index (Phi) is 22.9. The number of halogens is 5. The Balaban J connectivity index is 0.000000178. The summed E-state index contributed by atoms with van der Waals surface area (Å²) in [4.78, 5) is 20.9. The second kappa shape index (κ2) is 29.9. The third-order valence-corrected chi connectivity index (χ3v) is 12.0. The summed E-state index contributed by atoms with van der Waals surface area (Å²) >= 11 is 0. The van der Waals surface area contributed by atoms with Crippen LogP contribution >= 0.6 is 0 Å². The fraction of sp³-hybridized carbons (Fsp3) is 0.100. The zero-order valence-corrected chi connectivity index (χ0v) is 49.7. The molecule has 4 heterocycles. The number of aryl methyl sites for hydroxylation is 1. The number of hydrogen-bond acceptors (Lipinski definition) is 4. The zero-order chi connectivity index (χ0) is 56.5. The maximum Gasteiger partial charge on any atom is 0.416 e. The number of benzene rings is 7. The summed E-state index contributed by atoms with van der Waals surface area (Å²) in [7, 11) is 0. The number of pyridine rings is 4. The molecule has 0 aliphatic carbocycles. The molecule has 414 valence electrons. The van der Waals surface area contributed by atoms with E-state index in [1.807, 2.05) is 128 Å². The van der Waals surface area contributed by atoms with Crippen molar-refractivity contribution in [2.45, 2.75) is 40.3 Å². The summed E-state index contributed by atoms with van der Waals surface area (Å²) in [6.45, 7) is 15.8. The summed E-state index contributed by atoms with van der Waals surface area (Å²) in [5, 5.41) is 0. The van der Waals surface area contributed by atoms with Gasteiger partial charge in [0.1, 0.15) is 11.6 Å². The molecule has 12 heteroatoms. The summed E-state index contributed by atoms with van der Waals surface area (Å²) in [6.07, 6.45) is 1.90. The molecule has 5 nitrogen and oxygen atoms in total. The van der Waals surface area contributed by atoms with Crippen molar-refractivity contribution in [3.63, 3.8) is 0 Å². The van der Waals surface area contributed by atoms with Crippen LogP contribution < -0.4 is 0 Å². The van der Waals surface area contributed by atoms with Crippen molar-refractivity contribution in [1.29, 1.82) is 0 Å². The largest absolute Gasteiger partial charge is 0.416 e. The smallest absolute Gasteiger partial charge is 0.305 e. The molecule has 2 radical (unpaired) electrons. The summed E-state index contributed by atoms with van der Waals surface area (Å²) in [5.74, 6) is -1.18. The van der Waals surface area contributed by atoms with E-state index in [4.69, 9.17) is 6.57 Å². The minimum atomic E-state index is -4.35. The molecule has 0 aliphatic rings. The number of hydrogen-bond donors (Lipinski definition) is 0. The third-order valence-electron chi connectivity index (χ3n) is 12.0. The van der Waals surface area contributed by atoms with E-state index in [9.17, 15) is 22.0 Å². The fourth-order valence-corrected chi connectivity index (χ4v) is 8.34. The van der Waals surface area contributed by atoms with Gasteiger partial charge in [0.15, 0.2) is 5.69 Å². The van der Waals surface area contributed by atoms with Crippen LogP contribution in [0.4, 0.5) is 27.6 Å². The van der Waals surface area contributed by atoms with Crippen molar-refractivity contribution < 1.29 is 62.2 Å². The van der Waals surface area contributed by atoms with Crippen LogP contribution in [0.5, 0.6) is 0 Å². The summed E-state index contributed by atoms with van der Waals surface area (Å²) in [6, 6.07) is 74.8. The van der Waals surface area contributed by atoms with Crippen molar-refractivity contribution in [3.8, 4) is 78.4 Å². The molecule has 0 fully saturated rings. The molecule has 11 rings (SSSR count). The van der Waals surface area contributed by atoms with Crippen molar-refractivity contribution in [2.24, 2.45) is 5.41 Å². The Bertz CT molecular complexity index is 3810. The standard InChI is InChI=1S/C23H21N2.C18H11F3N.C17H10F2N.C12H10N.2Ir/c1-23(2,3)16-17-12-13-25-22(14-17)20-7-5-6-19(15-20)18-8-10-21(24-4)11-9-18;19-18(20,21)16-8-4-6-14(12-16)13-5-3-7-15(11-13)17-9-1-2-10-22-17;18-15-9-14(10-16(19)11-15)12-4-3-5-13(8-12)17-6-1-2-7-20-17;1-10-6-5-9-12(13-10)11-7-3-2-4-8-11;;/h5-6,8-15H,16H2,1-3H3;1-6,8-12H;1-4,6-11H;2-7,9H,1H3;;/q4*-1;;. The average molecular weight is 1440 g/mol. The maximum absolute atomic E-state index is 13.3. The first-order valence-electron chi connectivity index (χ1n) is 25.4. The average Bonchev–Trinajstić information content (AvgIpc) is 3.48. The topological polar surface area (TPSA) is 55.9 Å². The molecule has 0 bridgehead atoms. The first-order chi connectivity index (χ1) is 38.6. The van der Waals surface area contributed by atoms with Crippen LogP contribution in [0.25, 0.3) is 83.3 Å². The minimum absolute atomic E-state index is 0. The second-order valence-electron chi connectivity index (χ2n) is 19.5. The van der Waals surface area contributed by atoms with Gasteiger partial charge in [-0.15, -0.1) is 142 Å². The Labute approximate surface area is 503 Å². The molecule has 0 atom stereocenters. The number of rotatable bonds is 8. The third kappa shape index (κ3) is 18.6. The van der Waals surface area contributed by atoms with Gasteiger partial charge in [-0.2, -0.15) is 13.2 Å². The molecule has 0 amide bonds. The van der Waals surface area contributed by atoms with E-state index < -0.39 is 23.4 Å². The van der Waals surface area contributed by atoms with Crippen LogP contribution in [-0.2, 0) is 52.8 Å². The molecular formula is C70H52F5Ir2N5-4. The SMILES string of the molecule is Cc1cccc(-c2[c-]cccc2)n1.FC(F)(F)c1cccc(-c2cc[c-]c(-c3ccccn3)c2)c1.Fc1cc(F)cc(-c2cc[c-]c(-c3ccccn3)c2)c1.[C-]#[N+]c1ccc(-c2cc[c-]c(-c3cc(CC(C)(C)C)ccn3)c2)cc1.[Ir].[Ir]. The van der Waals surface area contributed by atoms with E-state index in [2.05, 4.69) is 88.0 Å². The number of alkyl halides is 3. The number of aromatic nitrogens is 4. The maximum atomic E-state index is 13.3. The van der Waals surface area contributed by atoms with Gasteiger partial charge >= 0.3 is 6.18 Å². The van der Waals surface area contributed by atoms with E-state index in [1.54, 1.807) is 54.9 Å². The molecule has 7 aromatic carbocycles. The predicted molar refractivity (Wildman–Crippen MR) is 309 cm³/mol. The Morgan fingerprint density at radius 1 is 0.439 bits per heavy atom. The van der Waals surface area contributed by atoms with Crippen molar-refractivity contribution >= 4 is 5.69 Å². The fourth-order valence-electron chi connectivity index (χ4n) is 8.34. The number of nitrogens with zero attached hydrogens (tertiary/aromatic N) is 5. The van der Waals surface area contributed by atoms with Gasteiger partial charge in [-0.05, 0) is 107 Å². The monoisotopic (exact) mass is 1440 g/mol.